The number of para-hydroxylation sites is 1. The Labute approximate surface area is 199 Å². The zero-order chi connectivity index (χ0) is 24.6. The average molecular weight is 457 g/mol. The maximum absolute atomic E-state index is 12.9. The first-order valence-corrected chi connectivity index (χ1v) is 11.1. The molecule has 2 heterocycles. The molecule has 174 valence electrons. The number of anilines is 1. The van der Waals surface area contributed by atoms with E-state index >= 15 is 0 Å². The summed E-state index contributed by atoms with van der Waals surface area (Å²) in [7, 11) is 0. The van der Waals surface area contributed by atoms with Gasteiger partial charge in [-0.05, 0) is 81.1 Å². The van der Waals surface area contributed by atoms with Crippen LogP contribution in [0.3, 0.4) is 0 Å². The molecule has 1 aliphatic rings. The number of hydrogen-bond acceptors (Lipinski definition) is 3. The lowest BCUT2D eigenvalue weighted by Gasteiger charge is -2.15. The molecular weight excluding hydrogens is 428 g/mol. The van der Waals surface area contributed by atoms with Crippen LogP contribution in [0.4, 0.5) is 10.5 Å². The second-order valence-corrected chi connectivity index (χ2v) is 8.70. The summed E-state index contributed by atoms with van der Waals surface area (Å²) in [5.74, 6) is -0.968. The predicted molar refractivity (Wildman–Crippen MR) is 133 cm³/mol. The van der Waals surface area contributed by atoms with E-state index in [0.29, 0.717) is 5.69 Å². The summed E-state index contributed by atoms with van der Waals surface area (Å²) in [6.45, 7) is 9.69. The average Bonchev–Trinajstić information content (AvgIpc) is 3.18. The maximum Gasteiger partial charge on any atom is 0.329 e. The second kappa shape index (κ2) is 9.02. The molecule has 4 amide bonds. The van der Waals surface area contributed by atoms with Crippen molar-refractivity contribution in [2.45, 2.75) is 34.6 Å². The summed E-state index contributed by atoms with van der Waals surface area (Å²) in [6.07, 6.45) is 1.67. The molecule has 1 aliphatic heterocycles. The molecule has 3 aromatic rings. The van der Waals surface area contributed by atoms with Crippen LogP contribution in [-0.2, 0) is 9.59 Å². The Bertz CT molecular complexity index is 1330. The molecule has 2 aromatic carbocycles. The van der Waals surface area contributed by atoms with E-state index in [2.05, 4.69) is 41.2 Å². The summed E-state index contributed by atoms with van der Waals surface area (Å²) >= 11 is 0. The Morgan fingerprint density at radius 1 is 0.971 bits per heavy atom. The van der Waals surface area contributed by atoms with E-state index in [9.17, 15) is 14.4 Å². The molecule has 0 atom stereocenters. The summed E-state index contributed by atoms with van der Waals surface area (Å²) in [5, 5.41) is 5.34. The lowest BCUT2D eigenvalue weighted by atomic mass is 10.1. The molecule has 7 nitrogen and oxygen atoms in total. The van der Waals surface area contributed by atoms with Gasteiger partial charge in [-0.2, -0.15) is 0 Å². The van der Waals surface area contributed by atoms with E-state index in [4.69, 9.17) is 0 Å². The van der Waals surface area contributed by atoms with Crippen LogP contribution in [0.5, 0.6) is 0 Å². The van der Waals surface area contributed by atoms with Crippen molar-refractivity contribution in [2.75, 3.05) is 11.9 Å². The number of carbonyl (C=O) groups excluding carboxylic acids is 3. The molecule has 4 rings (SSSR count). The van der Waals surface area contributed by atoms with Crippen LogP contribution in [0.15, 0.2) is 54.2 Å². The summed E-state index contributed by atoms with van der Waals surface area (Å²) < 4.78 is 2.16. The molecule has 0 bridgehead atoms. The third-order valence-electron chi connectivity index (χ3n) is 6.00. The number of aryl methyl sites for hydroxylation is 4. The zero-order valence-electron chi connectivity index (χ0n) is 20.0. The van der Waals surface area contributed by atoms with Crippen LogP contribution in [0.1, 0.15) is 33.6 Å². The quantitative estimate of drug-likeness (QED) is 0.436. The summed E-state index contributed by atoms with van der Waals surface area (Å²) in [5.41, 5.74) is 7.98. The van der Waals surface area contributed by atoms with Gasteiger partial charge in [-0.3, -0.25) is 9.59 Å². The standard InChI is InChI=1S/C27H28N4O3/c1-16-8-6-11-22(12-16)28-24(32)15-30-26(33)23(29-27(30)34)14-21-13-19(4)31(20(21)5)25-17(2)9-7-10-18(25)3/h6-14H,15H2,1-5H3,(H,28,32)(H,29,34)/b23-14-. The largest absolute Gasteiger partial charge is 0.329 e. The van der Waals surface area contributed by atoms with Crippen molar-refractivity contribution >= 4 is 29.6 Å². The van der Waals surface area contributed by atoms with Crippen molar-refractivity contribution in [1.29, 1.82) is 0 Å². The minimum Gasteiger partial charge on any atom is -0.325 e. The molecule has 0 spiro atoms. The fourth-order valence-electron chi connectivity index (χ4n) is 4.37. The molecule has 1 saturated heterocycles. The number of carbonyl (C=O) groups is 3. The first kappa shape index (κ1) is 23.0. The normalized spacial score (nSPS) is 14.6. The first-order chi connectivity index (χ1) is 16.2. The number of hydrogen-bond donors (Lipinski definition) is 2. The van der Waals surface area contributed by atoms with Crippen LogP contribution >= 0.6 is 0 Å². The van der Waals surface area contributed by atoms with Gasteiger partial charge in [0.15, 0.2) is 0 Å². The maximum atomic E-state index is 12.9. The van der Waals surface area contributed by atoms with Gasteiger partial charge in [0.2, 0.25) is 5.91 Å². The Balaban J connectivity index is 1.56. The highest BCUT2D eigenvalue weighted by Crippen LogP contribution is 2.27. The van der Waals surface area contributed by atoms with E-state index < -0.39 is 17.8 Å². The molecule has 0 aliphatic carbocycles. The molecule has 0 unspecified atom stereocenters. The zero-order valence-corrected chi connectivity index (χ0v) is 20.0. The summed E-state index contributed by atoms with van der Waals surface area (Å²) in [6, 6.07) is 14.9. The smallest absolute Gasteiger partial charge is 0.325 e. The molecular formula is C27H28N4O3. The number of urea groups is 1. The van der Waals surface area contributed by atoms with Crippen LogP contribution < -0.4 is 10.6 Å². The van der Waals surface area contributed by atoms with Crippen LogP contribution in [0.25, 0.3) is 11.8 Å². The van der Waals surface area contributed by atoms with Crippen LogP contribution in [0, 0.1) is 34.6 Å². The lowest BCUT2D eigenvalue weighted by molar-refractivity contribution is -0.127. The van der Waals surface area contributed by atoms with E-state index in [0.717, 1.165) is 44.2 Å². The van der Waals surface area contributed by atoms with Gasteiger partial charge in [0.1, 0.15) is 12.2 Å². The predicted octanol–water partition coefficient (Wildman–Crippen LogP) is 4.55. The van der Waals surface area contributed by atoms with Crippen molar-refractivity contribution in [2.24, 2.45) is 0 Å². The van der Waals surface area contributed by atoms with E-state index in [-0.39, 0.29) is 12.2 Å². The number of rotatable bonds is 5. The van der Waals surface area contributed by atoms with Crippen molar-refractivity contribution in [3.8, 4) is 5.69 Å². The van der Waals surface area contributed by atoms with Gasteiger partial charge in [0.25, 0.3) is 5.91 Å². The fraction of sp³-hybridized carbons (Fsp3) is 0.222. The molecule has 7 heteroatoms. The monoisotopic (exact) mass is 456 g/mol. The second-order valence-electron chi connectivity index (χ2n) is 8.70. The molecule has 2 N–H and O–H groups in total. The Morgan fingerprint density at radius 2 is 1.65 bits per heavy atom. The Morgan fingerprint density at radius 3 is 2.32 bits per heavy atom. The van der Waals surface area contributed by atoms with Gasteiger partial charge in [-0.1, -0.05) is 30.3 Å². The molecule has 1 aromatic heterocycles. The van der Waals surface area contributed by atoms with Gasteiger partial charge < -0.3 is 15.2 Å². The van der Waals surface area contributed by atoms with E-state index in [1.54, 1.807) is 12.1 Å². The highest BCUT2D eigenvalue weighted by Gasteiger charge is 2.35. The molecule has 0 radical (unpaired) electrons. The third kappa shape index (κ3) is 4.37. The Kier molecular flexibility index (Phi) is 6.11. The number of nitrogens with zero attached hydrogens (tertiary/aromatic N) is 2. The minimum absolute atomic E-state index is 0.148. The van der Waals surface area contributed by atoms with Crippen molar-refractivity contribution in [3.05, 3.63) is 87.9 Å². The number of benzene rings is 2. The van der Waals surface area contributed by atoms with Gasteiger partial charge in [0.05, 0.1) is 5.69 Å². The molecule has 0 saturated carbocycles. The van der Waals surface area contributed by atoms with Gasteiger partial charge in [0, 0.05) is 17.1 Å². The topological polar surface area (TPSA) is 83.4 Å². The van der Waals surface area contributed by atoms with Crippen molar-refractivity contribution in [1.82, 2.24) is 14.8 Å². The number of aromatic nitrogens is 1. The number of amides is 4. The highest BCUT2D eigenvalue weighted by atomic mass is 16.2. The van der Waals surface area contributed by atoms with Gasteiger partial charge in [-0.25, -0.2) is 9.69 Å². The SMILES string of the molecule is Cc1cccc(NC(=O)CN2C(=O)N/C(=C\c3cc(C)n(-c4c(C)cccc4C)c3C)C2=O)c1. The summed E-state index contributed by atoms with van der Waals surface area (Å²) in [4.78, 5) is 38.8. The molecule has 1 fully saturated rings. The Hall–Kier alpha value is -4.13. The van der Waals surface area contributed by atoms with Crippen LogP contribution in [0.2, 0.25) is 0 Å². The number of imide groups is 1. The van der Waals surface area contributed by atoms with E-state index in [1.807, 2.05) is 51.1 Å². The minimum atomic E-state index is -0.612. The van der Waals surface area contributed by atoms with Gasteiger partial charge >= 0.3 is 6.03 Å². The van der Waals surface area contributed by atoms with Crippen molar-refractivity contribution < 1.29 is 14.4 Å². The van der Waals surface area contributed by atoms with Crippen LogP contribution in [-0.4, -0.2) is 33.9 Å². The van der Waals surface area contributed by atoms with Crippen molar-refractivity contribution in [3.63, 3.8) is 0 Å². The lowest BCUT2D eigenvalue weighted by Crippen LogP contribution is -2.38. The number of nitrogens with one attached hydrogen (secondary N) is 2. The van der Waals surface area contributed by atoms with Gasteiger partial charge in [-0.15, -0.1) is 0 Å². The fourth-order valence-corrected chi connectivity index (χ4v) is 4.37. The first-order valence-electron chi connectivity index (χ1n) is 11.1. The highest BCUT2D eigenvalue weighted by molar-refractivity contribution is 6.16. The third-order valence-corrected chi connectivity index (χ3v) is 6.00. The molecule has 34 heavy (non-hydrogen) atoms. The van der Waals surface area contributed by atoms with E-state index in [1.165, 1.54) is 0 Å².